The minimum Gasteiger partial charge on any atom is -0.361 e. The van der Waals surface area contributed by atoms with Crippen LogP contribution in [0.3, 0.4) is 0 Å². The van der Waals surface area contributed by atoms with Crippen LogP contribution in [0, 0.1) is 13.8 Å². The second-order valence-electron chi connectivity index (χ2n) is 4.86. The van der Waals surface area contributed by atoms with Gasteiger partial charge in [-0.15, -0.1) is 0 Å². The van der Waals surface area contributed by atoms with Gasteiger partial charge in [0.05, 0.1) is 17.0 Å². The summed E-state index contributed by atoms with van der Waals surface area (Å²) >= 11 is 1.50. The van der Waals surface area contributed by atoms with Crippen LogP contribution in [-0.4, -0.2) is 23.7 Å². The number of aromatic nitrogens is 3. The molecule has 0 aromatic carbocycles. The highest BCUT2D eigenvalue weighted by molar-refractivity contribution is 7.89. The Balaban J connectivity index is 1.77. The minimum absolute atomic E-state index is 0.146. The molecule has 0 aliphatic rings. The van der Waals surface area contributed by atoms with Crippen LogP contribution in [0.25, 0.3) is 11.5 Å². The summed E-state index contributed by atoms with van der Waals surface area (Å²) in [5, 5.41) is 11.2. The fraction of sp³-hybridized carbons (Fsp3) is 0.308. The zero-order chi connectivity index (χ0) is 15.7. The van der Waals surface area contributed by atoms with E-state index < -0.39 is 9.84 Å². The molecule has 9 heteroatoms. The van der Waals surface area contributed by atoms with Gasteiger partial charge in [0.1, 0.15) is 11.5 Å². The Morgan fingerprint density at radius 2 is 2.00 bits per heavy atom. The van der Waals surface area contributed by atoms with Crippen LogP contribution in [0.15, 0.2) is 25.9 Å². The van der Waals surface area contributed by atoms with Crippen LogP contribution in [-0.2, 0) is 21.3 Å². The van der Waals surface area contributed by atoms with Crippen molar-refractivity contribution in [3.63, 3.8) is 0 Å². The number of nitrogens with zero attached hydrogens (tertiary/aromatic N) is 3. The lowest BCUT2D eigenvalue weighted by Crippen LogP contribution is -2.09. The maximum absolute atomic E-state index is 12.3. The summed E-state index contributed by atoms with van der Waals surface area (Å²) in [6.45, 7) is 3.40. The van der Waals surface area contributed by atoms with Crippen molar-refractivity contribution in [2.75, 3.05) is 0 Å². The molecule has 22 heavy (non-hydrogen) atoms. The highest BCUT2D eigenvalue weighted by atomic mass is 32.2. The fourth-order valence-corrected chi connectivity index (χ4v) is 4.09. The molecule has 7 nitrogen and oxygen atoms in total. The first-order valence-electron chi connectivity index (χ1n) is 6.42. The first kappa shape index (κ1) is 14.9. The smallest absolute Gasteiger partial charge is 0.258 e. The van der Waals surface area contributed by atoms with Crippen molar-refractivity contribution >= 4 is 21.2 Å². The van der Waals surface area contributed by atoms with Gasteiger partial charge in [-0.2, -0.15) is 16.3 Å². The summed E-state index contributed by atoms with van der Waals surface area (Å²) in [6, 6.07) is 1.83. The largest absolute Gasteiger partial charge is 0.361 e. The van der Waals surface area contributed by atoms with E-state index in [1.54, 1.807) is 13.8 Å². The average Bonchev–Trinajstić information content (AvgIpc) is 3.16. The Kier molecular flexibility index (Phi) is 3.83. The number of aryl methyl sites for hydroxylation is 2. The van der Waals surface area contributed by atoms with Gasteiger partial charge in [0.2, 0.25) is 0 Å². The molecule has 0 atom stereocenters. The van der Waals surface area contributed by atoms with E-state index in [4.69, 9.17) is 9.05 Å². The van der Waals surface area contributed by atoms with Crippen molar-refractivity contribution in [1.82, 2.24) is 15.3 Å². The van der Waals surface area contributed by atoms with Gasteiger partial charge in [-0.3, -0.25) is 0 Å². The maximum atomic E-state index is 12.3. The van der Waals surface area contributed by atoms with E-state index >= 15 is 0 Å². The molecule has 0 N–H and O–H groups in total. The zero-order valence-electron chi connectivity index (χ0n) is 11.9. The summed E-state index contributed by atoms with van der Waals surface area (Å²) in [5.41, 5.74) is 1.95. The Bertz CT molecular complexity index is 859. The summed E-state index contributed by atoms with van der Waals surface area (Å²) in [7, 11) is -3.44. The van der Waals surface area contributed by atoms with Crippen molar-refractivity contribution in [2.24, 2.45) is 0 Å². The number of hydrogen-bond donors (Lipinski definition) is 0. The molecule has 0 saturated heterocycles. The van der Waals surface area contributed by atoms with E-state index in [1.165, 1.54) is 11.3 Å². The quantitative estimate of drug-likeness (QED) is 0.704. The van der Waals surface area contributed by atoms with Gasteiger partial charge in [0, 0.05) is 10.9 Å². The standard InChI is InChI=1S/C13H13N3O4S2/c1-8-11(9(2)19-15-8)6-22(17,18)7-12-14-13(20-16-12)10-3-4-21-5-10/h3-5H,6-7H2,1-2H3. The highest BCUT2D eigenvalue weighted by Gasteiger charge is 2.22. The predicted octanol–water partition coefficient (Wildman–Crippen LogP) is 2.52. The second-order valence-corrected chi connectivity index (χ2v) is 7.71. The van der Waals surface area contributed by atoms with Crippen molar-refractivity contribution < 1.29 is 17.5 Å². The molecule has 3 aromatic rings. The van der Waals surface area contributed by atoms with Crippen LogP contribution in [0.2, 0.25) is 0 Å². The van der Waals surface area contributed by atoms with E-state index in [-0.39, 0.29) is 17.3 Å². The van der Waals surface area contributed by atoms with Crippen LogP contribution in [0.4, 0.5) is 0 Å². The normalized spacial score (nSPS) is 11.9. The summed E-state index contributed by atoms with van der Waals surface area (Å²) in [5.74, 6) is 0.533. The Morgan fingerprint density at radius 3 is 2.64 bits per heavy atom. The molecule has 3 aromatic heterocycles. The molecule has 0 radical (unpaired) electrons. The van der Waals surface area contributed by atoms with Gasteiger partial charge < -0.3 is 9.05 Å². The van der Waals surface area contributed by atoms with Crippen molar-refractivity contribution in [2.45, 2.75) is 25.4 Å². The van der Waals surface area contributed by atoms with E-state index in [1.807, 2.05) is 16.8 Å². The number of sulfone groups is 1. The van der Waals surface area contributed by atoms with E-state index in [0.717, 1.165) is 5.56 Å². The summed E-state index contributed by atoms with van der Waals surface area (Å²) < 4.78 is 34.6. The van der Waals surface area contributed by atoms with Gasteiger partial charge in [0.15, 0.2) is 15.7 Å². The van der Waals surface area contributed by atoms with Crippen molar-refractivity contribution in [3.8, 4) is 11.5 Å². The summed E-state index contributed by atoms with van der Waals surface area (Å²) in [4.78, 5) is 4.12. The first-order chi connectivity index (χ1) is 10.4. The number of thiophene rings is 1. The molecule has 0 saturated carbocycles. The van der Waals surface area contributed by atoms with E-state index in [2.05, 4.69) is 15.3 Å². The van der Waals surface area contributed by atoms with Crippen molar-refractivity contribution in [1.29, 1.82) is 0 Å². The second kappa shape index (κ2) is 5.65. The lowest BCUT2D eigenvalue weighted by atomic mass is 10.2. The molecule has 0 unspecified atom stereocenters. The average molecular weight is 339 g/mol. The van der Waals surface area contributed by atoms with Crippen LogP contribution in [0.1, 0.15) is 22.8 Å². The lowest BCUT2D eigenvalue weighted by Gasteiger charge is -2.00. The fourth-order valence-electron chi connectivity index (χ4n) is 1.99. The molecular formula is C13H13N3O4S2. The Morgan fingerprint density at radius 1 is 1.18 bits per heavy atom. The van der Waals surface area contributed by atoms with Gasteiger partial charge in [-0.1, -0.05) is 10.3 Å². The first-order valence-corrected chi connectivity index (χ1v) is 9.18. The third-order valence-electron chi connectivity index (χ3n) is 3.13. The summed E-state index contributed by atoms with van der Waals surface area (Å²) in [6.07, 6.45) is 0. The van der Waals surface area contributed by atoms with E-state index in [9.17, 15) is 8.42 Å². The molecular weight excluding hydrogens is 326 g/mol. The third-order valence-corrected chi connectivity index (χ3v) is 5.24. The van der Waals surface area contributed by atoms with Gasteiger partial charge in [-0.25, -0.2) is 8.42 Å². The minimum atomic E-state index is -3.44. The molecule has 3 heterocycles. The van der Waals surface area contributed by atoms with Crippen molar-refractivity contribution in [3.05, 3.63) is 39.7 Å². The lowest BCUT2D eigenvalue weighted by molar-refractivity contribution is 0.392. The van der Waals surface area contributed by atoms with Crippen LogP contribution >= 0.6 is 11.3 Å². The Hall–Kier alpha value is -2.00. The zero-order valence-corrected chi connectivity index (χ0v) is 13.6. The molecule has 0 fully saturated rings. The SMILES string of the molecule is Cc1noc(C)c1CS(=O)(=O)Cc1noc(-c2ccsc2)n1. The molecule has 0 bridgehead atoms. The molecule has 0 amide bonds. The van der Waals surface area contributed by atoms with E-state index in [0.29, 0.717) is 22.9 Å². The van der Waals surface area contributed by atoms with Gasteiger partial charge in [-0.05, 0) is 25.3 Å². The molecule has 0 aliphatic heterocycles. The molecule has 3 rings (SSSR count). The topological polar surface area (TPSA) is 99.1 Å². The molecule has 0 spiro atoms. The predicted molar refractivity (Wildman–Crippen MR) is 79.9 cm³/mol. The van der Waals surface area contributed by atoms with Crippen LogP contribution < -0.4 is 0 Å². The Labute approximate surface area is 130 Å². The maximum Gasteiger partial charge on any atom is 0.258 e. The third kappa shape index (κ3) is 3.09. The molecule has 116 valence electrons. The highest BCUT2D eigenvalue weighted by Crippen LogP contribution is 2.22. The van der Waals surface area contributed by atoms with Gasteiger partial charge in [0.25, 0.3) is 5.89 Å². The molecule has 0 aliphatic carbocycles. The number of hydrogen-bond acceptors (Lipinski definition) is 8. The monoisotopic (exact) mass is 339 g/mol. The van der Waals surface area contributed by atoms with Gasteiger partial charge >= 0.3 is 0 Å². The van der Waals surface area contributed by atoms with Crippen LogP contribution in [0.5, 0.6) is 0 Å². The number of rotatable bonds is 5.